The molecule has 1 unspecified atom stereocenters. The number of halogens is 2. The van der Waals surface area contributed by atoms with Crippen molar-refractivity contribution in [3.63, 3.8) is 0 Å². The molecule has 2 aliphatic rings. The first-order valence-corrected chi connectivity index (χ1v) is 8.83. The molecule has 1 N–H and O–H groups in total. The summed E-state index contributed by atoms with van der Waals surface area (Å²) in [4.78, 5) is 6.79. The summed E-state index contributed by atoms with van der Waals surface area (Å²) in [6, 6.07) is -0.642. The second-order valence-electron chi connectivity index (χ2n) is 6.61. The Morgan fingerprint density at radius 3 is 2.18 bits per heavy atom. The number of hydrogen-bond donors (Lipinski definition) is 1. The van der Waals surface area contributed by atoms with E-state index in [-0.39, 0.29) is 6.54 Å². The van der Waals surface area contributed by atoms with Crippen molar-refractivity contribution >= 4 is 0 Å². The highest BCUT2D eigenvalue weighted by Crippen LogP contribution is 2.27. The number of hydrogen-bond acceptors (Lipinski definition) is 4. The van der Waals surface area contributed by atoms with Gasteiger partial charge in [0.15, 0.2) is 0 Å². The fraction of sp³-hybridized carbons (Fsp3) is 1.00. The molecule has 0 aromatic rings. The highest BCUT2D eigenvalue weighted by molar-refractivity contribution is 4.91. The monoisotopic (exact) mass is 318 g/mol. The molecule has 0 aromatic carbocycles. The molecule has 0 radical (unpaired) electrons. The van der Waals surface area contributed by atoms with Crippen LogP contribution in [0.4, 0.5) is 8.78 Å². The summed E-state index contributed by atoms with van der Waals surface area (Å²) in [5.41, 5.74) is 0. The Morgan fingerprint density at radius 2 is 1.59 bits per heavy atom. The first kappa shape index (κ1) is 18.0. The van der Waals surface area contributed by atoms with E-state index in [1.807, 2.05) is 11.8 Å². The Bertz CT molecular complexity index is 319. The van der Waals surface area contributed by atoms with Gasteiger partial charge in [-0.2, -0.15) is 0 Å². The van der Waals surface area contributed by atoms with Crippen LogP contribution in [0.25, 0.3) is 0 Å². The number of rotatable bonds is 7. The standard InChI is InChI=1S/C16H32F2N4/c1-3-6-19-15-5-7-22(14-16(15,17)18)13-12-21-10-8-20(4-2)9-11-21/h15,19H,3-14H2,1-2H3. The van der Waals surface area contributed by atoms with E-state index in [4.69, 9.17) is 0 Å². The van der Waals surface area contributed by atoms with Crippen LogP contribution in [0.2, 0.25) is 0 Å². The van der Waals surface area contributed by atoms with Gasteiger partial charge in [0.05, 0.1) is 12.6 Å². The van der Waals surface area contributed by atoms with Gasteiger partial charge in [0.1, 0.15) is 0 Å². The average molecular weight is 318 g/mol. The topological polar surface area (TPSA) is 21.8 Å². The molecule has 2 rings (SSSR count). The van der Waals surface area contributed by atoms with Crippen molar-refractivity contribution in [2.45, 2.75) is 38.7 Å². The van der Waals surface area contributed by atoms with Crippen LogP contribution in [-0.2, 0) is 0 Å². The van der Waals surface area contributed by atoms with E-state index in [0.29, 0.717) is 13.0 Å². The van der Waals surface area contributed by atoms with Crippen molar-refractivity contribution in [3.05, 3.63) is 0 Å². The van der Waals surface area contributed by atoms with Crippen molar-refractivity contribution in [1.82, 2.24) is 20.0 Å². The van der Waals surface area contributed by atoms with Crippen molar-refractivity contribution in [1.29, 1.82) is 0 Å². The van der Waals surface area contributed by atoms with E-state index in [1.54, 1.807) is 0 Å². The molecule has 2 fully saturated rings. The van der Waals surface area contributed by atoms with E-state index < -0.39 is 12.0 Å². The smallest absolute Gasteiger partial charge is 0.275 e. The quantitative estimate of drug-likeness (QED) is 0.764. The molecule has 2 heterocycles. The molecule has 0 spiro atoms. The van der Waals surface area contributed by atoms with Gasteiger partial charge in [-0.05, 0) is 25.9 Å². The van der Waals surface area contributed by atoms with Gasteiger partial charge in [-0.3, -0.25) is 9.80 Å². The molecule has 0 aliphatic carbocycles. The Hall–Kier alpha value is -0.300. The summed E-state index contributed by atoms with van der Waals surface area (Å²) >= 11 is 0. The number of nitrogens with zero attached hydrogens (tertiary/aromatic N) is 3. The third-order valence-corrected chi connectivity index (χ3v) is 4.96. The van der Waals surface area contributed by atoms with Crippen LogP contribution in [0, 0.1) is 0 Å². The number of alkyl halides is 2. The molecule has 0 amide bonds. The Balaban J connectivity index is 1.69. The Labute approximate surface area is 133 Å². The van der Waals surface area contributed by atoms with Gasteiger partial charge in [-0.25, -0.2) is 8.78 Å². The molecular formula is C16H32F2N4. The molecular weight excluding hydrogens is 286 g/mol. The molecule has 4 nitrogen and oxygen atoms in total. The summed E-state index contributed by atoms with van der Waals surface area (Å²) in [6.45, 7) is 12.7. The number of nitrogens with one attached hydrogen (secondary N) is 1. The second kappa shape index (κ2) is 8.52. The normalized spacial score (nSPS) is 28.1. The zero-order valence-electron chi connectivity index (χ0n) is 14.2. The van der Waals surface area contributed by atoms with Crippen LogP contribution in [0.5, 0.6) is 0 Å². The lowest BCUT2D eigenvalue weighted by molar-refractivity contribution is -0.0912. The highest BCUT2D eigenvalue weighted by Gasteiger charge is 2.43. The molecule has 130 valence electrons. The molecule has 0 aromatic heterocycles. The fourth-order valence-corrected chi connectivity index (χ4v) is 3.38. The SMILES string of the molecule is CCCNC1CCN(CCN2CCN(CC)CC2)CC1(F)F. The number of likely N-dealkylation sites (N-methyl/N-ethyl adjacent to an activating group) is 1. The van der Waals surface area contributed by atoms with Crippen molar-refractivity contribution in [3.8, 4) is 0 Å². The lowest BCUT2D eigenvalue weighted by Crippen LogP contribution is -2.58. The maximum atomic E-state index is 14.2. The first-order valence-electron chi connectivity index (χ1n) is 8.83. The number of likely N-dealkylation sites (tertiary alicyclic amines) is 1. The van der Waals surface area contributed by atoms with Gasteiger partial charge in [-0.15, -0.1) is 0 Å². The van der Waals surface area contributed by atoms with Crippen LogP contribution < -0.4 is 5.32 Å². The van der Waals surface area contributed by atoms with Gasteiger partial charge in [-0.1, -0.05) is 13.8 Å². The number of piperidine rings is 1. The summed E-state index contributed by atoms with van der Waals surface area (Å²) in [5.74, 6) is -2.60. The zero-order valence-corrected chi connectivity index (χ0v) is 14.2. The largest absolute Gasteiger partial charge is 0.309 e. The van der Waals surface area contributed by atoms with Crippen LogP contribution in [0.3, 0.4) is 0 Å². The minimum atomic E-state index is -2.60. The van der Waals surface area contributed by atoms with Crippen molar-refractivity contribution in [2.75, 3.05) is 65.4 Å². The first-order chi connectivity index (χ1) is 10.5. The third-order valence-electron chi connectivity index (χ3n) is 4.96. The maximum Gasteiger partial charge on any atom is 0.275 e. The van der Waals surface area contributed by atoms with E-state index in [1.165, 1.54) is 0 Å². The third kappa shape index (κ3) is 5.11. The van der Waals surface area contributed by atoms with Crippen LogP contribution in [-0.4, -0.2) is 92.1 Å². The Morgan fingerprint density at radius 1 is 0.955 bits per heavy atom. The van der Waals surface area contributed by atoms with Crippen molar-refractivity contribution in [2.24, 2.45) is 0 Å². The molecule has 2 saturated heterocycles. The van der Waals surface area contributed by atoms with Crippen LogP contribution in [0.1, 0.15) is 26.7 Å². The molecule has 22 heavy (non-hydrogen) atoms. The summed E-state index contributed by atoms with van der Waals surface area (Å²) in [7, 11) is 0. The summed E-state index contributed by atoms with van der Waals surface area (Å²) in [5, 5.41) is 3.01. The van der Waals surface area contributed by atoms with E-state index >= 15 is 0 Å². The second-order valence-corrected chi connectivity index (χ2v) is 6.61. The predicted octanol–water partition coefficient (Wildman–Crippen LogP) is 1.33. The van der Waals surface area contributed by atoms with Gasteiger partial charge >= 0.3 is 0 Å². The summed E-state index contributed by atoms with van der Waals surface area (Å²) < 4.78 is 28.4. The number of piperazine rings is 1. The predicted molar refractivity (Wildman–Crippen MR) is 86.6 cm³/mol. The molecule has 0 bridgehead atoms. The summed E-state index contributed by atoms with van der Waals surface area (Å²) in [6.07, 6.45) is 1.46. The molecule has 2 aliphatic heterocycles. The lowest BCUT2D eigenvalue weighted by atomic mass is 10.0. The van der Waals surface area contributed by atoms with Gasteiger partial charge in [0.2, 0.25) is 0 Å². The van der Waals surface area contributed by atoms with Crippen LogP contribution in [0.15, 0.2) is 0 Å². The maximum absolute atomic E-state index is 14.2. The fourth-order valence-electron chi connectivity index (χ4n) is 3.38. The highest BCUT2D eigenvalue weighted by atomic mass is 19.3. The minimum absolute atomic E-state index is 0.0939. The zero-order chi connectivity index (χ0) is 16.0. The van der Waals surface area contributed by atoms with Gasteiger partial charge < -0.3 is 10.2 Å². The van der Waals surface area contributed by atoms with E-state index in [0.717, 1.165) is 58.8 Å². The van der Waals surface area contributed by atoms with Gasteiger partial charge in [0, 0.05) is 45.8 Å². The lowest BCUT2D eigenvalue weighted by Gasteiger charge is -2.40. The molecule has 1 atom stereocenters. The average Bonchev–Trinajstić information content (AvgIpc) is 2.52. The van der Waals surface area contributed by atoms with Crippen LogP contribution >= 0.6 is 0 Å². The molecule has 6 heteroatoms. The van der Waals surface area contributed by atoms with Crippen molar-refractivity contribution < 1.29 is 8.78 Å². The van der Waals surface area contributed by atoms with Gasteiger partial charge in [0.25, 0.3) is 5.92 Å². The van der Waals surface area contributed by atoms with E-state index in [9.17, 15) is 8.78 Å². The molecule has 0 saturated carbocycles. The minimum Gasteiger partial charge on any atom is -0.309 e. The Kier molecular flexibility index (Phi) is 6.99. The van der Waals surface area contributed by atoms with E-state index in [2.05, 4.69) is 22.0 Å².